The van der Waals surface area contributed by atoms with Crippen LogP contribution < -0.4 is 0 Å². The van der Waals surface area contributed by atoms with Gasteiger partial charge in [0.25, 0.3) is 0 Å². The molecule has 0 aliphatic carbocycles. The lowest BCUT2D eigenvalue weighted by atomic mass is 10.0. The second kappa shape index (κ2) is 5.09. The molecule has 1 heterocycles. The minimum atomic E-state index is 0.205. The highest BCUT2D eigenvalue weighted by molar-refractivity contribution is 9.10. The first-order chi connectivity index (χ1) is 7.97. The topological polar surface area (TPSA) is 12.5 Å². The highest BCUT2D eigenvalue weighted by atomic mass is 79.9. The number of rotatable bonds is 1. The van der Waals surface area contributed by atoms with Crippen molar-refractivity contribution < 1.29 is 4.74 Å². The maximum absolute atomic E-state index is 5.87. The fourth-order valence-electron chi connectivity index (χ4n) is 2.14. The van der Waals surface area contributed by atoms with Gasteiger partial charge in [-0.25, -0.2) is 0 Å². The zero-order chi connectivity index (χ0) is 12.5. The third-order valence-electron chi connectivity index (χ3n) is 3.26. The van der Waals surface area contributed by atoms with E-state index in [-0.39, 0.29) is 11.6 Å². The van der Waals surface area contributed by atoms with Crippen molar-refractivity contribution in [1.82, 2.24) is 4.90 Å². The molecule has 0 radical (unpaired) electrons. The first kappa shape index (κ1) is 13.1. The van der Waals surface area contributed by atoms with Gasteiger partial charge in [-0.1, -0.05) is 28.1 Å². The Morgan fingerprint density at radius 3 is 2.47 bits per heavy atom. The van der Waals surface area contributed by atoms with Crippen molar-refractivity contribution in [2.75, 3.05) is 19.7 Å². The molecule has 17 heavy (non-hydrogen) atoms. The smallest absolute Gasteiger partial charge is 0.0952 e. The van der Waals surface area contributed by atoms with Crippen molar-refractivity contribution in [3.8, 4) is 0 Å². The number of hydrogen-bond acceptors (Lipinski definition) is 2. The summed E-state index contributed by atoms with van der Waals surface area (Å²) in [5.74, 6) is 0. The normalized spacial score (nSPS) is 22.7. The van der Waals surface area contributed by atoms with Gasteiger partial charge in [-0.2, -0.15) is 0 Å². The second-order valence-corrected chi connectivity index (χ2v) is 6.44. The van der Waals surface area contributed by atoms with E-state index in [1.54, 1.807) is 0 Å². The molecule has 2 nitrogen and oxygen atoms in total. The van der Waals surface area contributed by atoms with E-state index in [1.807, 2.05) is 0 Å². The largest absolute Gasteiger partial charge is 0.371 e. The van der Waals surface area contributed by atoms with Crippen LogP contribution in [0.5, 0.6) is 0 Å². The van der Waals surface area contributed by atoms with Crippen molar-refractivity contribution in [2.24, 2.45) is 0 Å². The van der Waals surface area contributed by atoms with Crippen molar-refractivity contribution >= 4 is 15.9 Å². The highest BCUT2D eigenvalue weighted by Gasteiger charge is 2.28. The van der Waals surface area contributed by atoms with Gasteiger partial charge in [0.2, 0.25) is 0 Å². The zero-order valence-corrected chi connectivity index (χ0v) is 12.3. The molecule has 1 atom stereocenters. The third kappa shape index (κ3) is 3.30. The van der Waals surface area contributed by atoms with Crippen LogP contribution in [0.25, 0.3) is 0 Å². The van der Waals surface area contributed by atoms with Gasteiger partial charge in [0.15, 0.2) is 0 Å². The Morgan fingerprint density at radius 1 is 1.24 bits per heavy atom. The molecule has 0 N–H and O–H groups in total. The summed E-state index contributed by atoms with van der Waals surface area (Å²) in [5.41, 5.74) is 1.49. The van der Waals surface area contributed by atoms with E-state index < -0.39 is 0 Å². The molecule has 3 heteroatoms. The molecule has 94 valence electrons. The van der Waals surface area contributed by atoms with Gasteiger partial charge in [0.1, 0.15) is 0 Å². The second-order valence-electron chi connectivity index (χ2n) is 5.53. The van der Waals surface area contributed by atoms with E-state index in [0.29, 0.717) is 0 Å². The van der Waals surface area contributed by atoms with Crippen LogP contribution in [0.1, 0.15) is 32.4 Å². The van der Waals surface area contributed by atoms with Crippen molar-refractivity contribution in [3.05, 3.63) is 34.3 Å². The van der Waals surface area contributed by atoms with Crippen molar-refractivity contribution in [1.29, 1.82) is 0 Å². The van der Waals surface area contributed by atoms with Crippen LogP contribution in [0.3, 0.4) is 0 Å². The Labute approximate surface area is 112 Å². The first-order valence-corrected chi connectivity index (χ1v) is 6.88. The zero-order valence-electron chi connectivity index (χ0n) is 10.7. The lowest BCUT2D eigenvalue weighted by molar-refractivity contribution is -0.0596. The Morgan fingerprint density at radius 2 is 1.88 bits per heavy atom. The van der Waals surface area contributed by atoms with Gasteiger partial charge in [-0.15, -0.1) is 0 Å². The standard InChI is InChI=1S/C14H20BrNO/c1-14(2,3)16-8-9-17-13(10-16)11-4-6-12(15)7-5-11/h4-7,13H,8-10H2,1-3H3. The fourth-order valence-corrected chi connectivity index (χ4v) is 2.40. The molecule has 0 bridgehead atoms. The molecule has 1 aliphatic heterocycles. The molecule has 1 unspecified atom stereocenters. The summed E-state index contributed by atoms with van der Waals surface area (Å²) in [5, 5.41) is 0. The number of hydrogen-bond donors (Lipinski definition) is 0. The predicted molar refractivity (Wildman–Crippen MR) is 74.2 cm³/mol. The van der Waals surface area contributed by atoms with Gasteiger partial charge in [0.05, 0.1) is 12.7 Å². The molecule has 0 saturated carbocycles. The molecule has 1 aromatic carbocycles. The summed E-state index contributed by atoms with van der Waals surface area (Å²) in [7, 11) is 0. The maximum atomic E-state index is 5.87. The Bertz CT molecular complexity index is 369. The Balaban J connectivity index is 2.09. The predicted octanol–water partition coefficient (Wildman–Crippen LogP) is 3.62. The van der Waals surface area contributed by atoms with E-state index in [2.05, 4.69) is 65.9 Å². The van der Waals surface area contributed by atoms with Gasteiger partial charge in [-0.05, 0) is 38.5 Å². The fraction of sp³-hybridized carbons (Fsp3) is 0.571. The molecular weight excluding hydrogens is 278 g/mol. The Hall–Kier alpha value is -0.380. The lowest BCUT2D eigenvalue weighted by Gasteiger charge is -2.41. The van der Waals surface area contributed by atoms with Crippen LogP contribution >= 0.6 is 15.9 Å². The molecule has 0 spiro atoms. The Kier molecular flexibility index (Phi) is 3.91. The van der Waals surface area contributed by atoms with Crippen LogP contribution in [0.15, 0.2) is 28.7 Å². The van der Waals surface area contributed by atoms with Crippen LogP contribution in [0.2, 0.25) is 0 Å². The van der Waals surface area contributed by atoms with Gasteiger partial charge in [-0.3, -0.25) is 4.90 Å². The van der Waals surface area contributed by atoms with Crippen molar-refractivity contribution in [2.45, 2.75) is 32.4 Å². The molecule has 1 aliphatic rings. The van der Waals surface area contributed by atoms with Gasteiger partial charge in [0, 0.05) is 23.1 Å². The number of nitrogens with zero attached hydrogens (tertiary/aromatic N) is 1. The molecule has 1 saturated heterocycles. The van der Waals surface area contributed by atoms with E-state index in [4.69, 9.17) is 4.74 Å². The molecule has 1 fully saturated rings. The molecular formula is C14H20BrNO. The van der Waals surface area contributed by atoms with E-state index >= 15 is 0 Å². The summed E-state index contributed by atoms with van der Waals surface area (Å²) in [6.07, 6.45) is 0.205. The summed E-state index contributed by atoms with van der Waals surface area (Å²) >= 11 is 3.46. The van der Waals surface area contributed by atoms with Gasteiger partial charge < -0.3 is 4.74 Å². The van der Waals surface area contributed by atoms with E-state index in [9.17, 15) is 0 Å². The van der Waals surface area contributed by atoms with Crippen LogP contribution in [0, 0.1) is 0 Å². The average Bonchev–Trinajstić information content (AvgIpc) is 2.29. The summed E-state index contributed by atoms with van der Waals surface area (Å²) in [6, 6.07) is 8.44. The summed E-state index contributed by atoms with van der Waals surface area (Å²) in [6.45, 7) is 9.60. The summed E-state index contributed by atoms with van der Waals surface area (Å²) in [4.78, 5) is 2.49. The van der Waals surface area contributed by atoms with Gasteiger partial charge >= 0.3 is 0 Å². The minimum Gasteiger partial charge on any atom is -0.371 e. The monoisotopic (exact) mass is 297 g/mol. The molecule has 0 amide bonds. The maximum Gasteiger partial charge on any atom is 0.0952 e. The number of halogens is 1. The third-order valence-corrected chi connectivity index (χ3v) is 3.79. The SMILES string of the molecule is CC(C)(C)N1CCOC(c2ccc(Br)cc2)C1. The lowest BCUT2D eigenvalue weighted by Crippen LogP contribution is -2.48. The molecule has 0 aromatic heterocycles. The van der Waals surface area contributed by atoms with Crippen LogP contribution in [-0.2, 0) is 4.74 Å². The molecule has 2 rings (SSSR count). The van der Waals surface area contributed by atoms with E-state index in [0.717, 1.165) is 24.2 Å². The first-order valence-electron chi connectivity index (χ1n) is 6.09. The average molecular weight is 298 g/mol. The van der Waals surface area contributed by atoms with Crippen LogP contribution in [0.4, 0.5) is 0 Å². The minimum absolute atomic E-state index is 0.205. The quantitative estimate of drug-likeness (QED) is 0.785. The number of morpholine rings is 1. The number of benzene rings is 1. The summed E-state index contributed by atoms with van der Waals surface area (Å²) < 4.78 is 6.99. The highest BCUT2D eigenvalue weighted by Crippen LogP contribution is 2.27. The van der Waals surface area contributed by atoms with Crippen LogP contribution in [-0.4, -0.2) is 30.1 Å². The van der Waals surface area contributed by atoms with Crippen molar-refractivity contribution in [3.63, 3.8) is 0 Å². The van der Waals surface area contributed by atoms with E-state index in [1.165, 1.54) is 5.56 Å². The molecule has 1 aromatic rings. The number of ether oxygens (including phenoxy) is 1.